The van der Waals surface area contributed by atoms with E-state index in [1.807, 2.05) is 18.2 Å². The summed E-state index contributed by atoms with van der Waals surface area (Å²) in [6.45, 7) is 1.77. The van der Waals surface area contributed by atoms with E-state index in [1.54, 1.807) is 19.1 Å². The summed E-state index contributed by atoms with van der Waals surface area (Å²) in [5, 5.41) is 0. The number of hydrogen-bond acceptors (Lipinski definition) is 4. The van der Waals surface area contributed by atoms with Gasteiger partial charge in [0.1, 0.15) is 5.56 Å². The fourth-order valence-corrected chi connectivity index (χ4v) is 1.74. The van der Waals surface area contributed by atoms with Gasteiger partial charge in [-0.3, -0.25) is 9.59 Å². The molecule has 0 bridgehead atoms. The minimum atomic E-state index is -0.898. The summed E-state index contributed by atoms with van der Waals surface area (Å²) in [6.07, 6.45) is 0. The van der Waals surface area contributed by atoms with Crippen LogP contribution in [0.25, 0.3) is 11.3 Å². The van der Waals surface area contributed by atoms with Crippen LogP contribution in [-0.4, -0.2) is 17.6 Å². The number of aromatic nitrogens is 1. The highest BCUT2D eigenvalue weighted by Crippen LogP contribution is 2.13. The number of ether oxygens (including phenoxy) is 1. The van der Waals surface area contributed by atoms with Gasteiger partial charge in [0.15, 0.2) is 0 Å². The van der Waals surface area contributed by atoms with Crippen LogP contribution in [0, 0.1) is 0 Å². The van der Waals surface area contributed by atoms with Crippen molar-refractivity contribution in [1.82, 2.24) is 4.98 Å². The third kappa shape index (κ3) is 2.83. The van der Waals surface area contributed by atoms with Crippen molar-refractivity contribution in [3.05, 3.63) is 68.6 Å². The summed E-state index contributed by atoms with van der Waals surface area (Å²) < 4.78 is 4.76. The maximum absolute atomic E-state index is 11.8. The lowest BCUT2D eigenvalue weighted by Gasteiger charge is -1.97. The Kier molecular flexibility index (Phi) is 4.10. The first-order chi connectivity index (χ1) is 9.63. The van der Waals surface area contributed by atoms with Gasteiger partial charge in [-0.05, 0) is 24.6 Å². The summed E-state index contributed by atoms with van der Waals surface area (Å²) in [7, 11) is 0. The van der Waals surface area contributed by atoms with Crippen LogP contribution in [0.5, 0.6) is 0 Å². The maximum Gasteiger partial charge on any atom is 0.342 e. The Balaban J connectivity index is 2.60. The number of carbonyl (C=O) groups is 1. The van der Waals surface area contributed by atoms with Gasteiger partial charge in [0.25, 0.3) is 11.0 Å². The molecule has 0 atom stereocenters. The Morgan fingerprint density at radius 1 is 1.10 bits per heavy atom. The molecular weight excluding hydrogens is 258 g/mol. The van der Waals surface area contributed by atoms with E-state index >= 15 is 0 Å². The highest BCUT2D eigenvalue weighted by atomic mass is 16.5. The number of benzene rings is 1. The number of H-pyrrole nitrogens is 1. The van der Waals surface area contributed by atoms with Gasteiger partial charge >= 0.3 is 5.97 Å². The fourth-order valence-electron chi connectivity index (χ4n) is 1.74. The molecule has 0 aliphatic rings. The van der Waals surface area contributed by atoms with Crippen LogP contribution in [0.15, 0.2) is 52.1 Å². The van der Waals surface area contributed by atoms with Crippen LogP contribution in [0.2, 0.25) is 0 Å². The van der Waals surface area contributed by atoms with Gasteiger partial charge in [-0.1, -0.05) is 30.3 Å². The molecule has 0 spiro atoms. The van der Waals surface area contributed by atoms with E-state index in [-0.39, 0.29) is 12.2 Å². The second kappa shape index (κ2) is 5.97. The van der Waals surface area contributed by atoms with Gasteiger partial charge < -0.3 is 9.72 Å². The second-order valence-electron chi connectivity index (χ2n) is 4.03. The first kappa shape index (κ1) is 13.7. The Hall–Kier alpha value is -2.69. The largest absolute Gasteiger partial charge is 0.462 e. The molecule has 0 saturated heterocycles. The van der Waals surface area contributed by atoms with Crippen molar-refractivity contribution in [2.75, 3.05) is 6.61 Å². The zero-order valence-corrected chi connectivity index (χ0v) is 10.9. The molecule has 0 saturated carbocycles. The topological polar surface area (TPSA) is 76.2 Å². The Morgan fingerprint density at radius 3 is 2.45 bits per heavy atom. The molecule has 1 heterocycles. The van der Waals surface area contributed by atoms with Crippen LogP contribution in [-0.2, 0) is 4.74 Å². The second-order valence-corrected chi connectivity index (χ2v) is 4.03. The number of carbonyl (C=O) groups excluding carboxylic acids is 1. The molecule has 0 aliphatic carbocycles. The molecule has 5 heteroatoms. The van der Waals surface area contributed by atoms with Gasteiger partial charge in [-0.15, -0.1) is 0 Å². The standard InChI is InChI=1S/C15H13NO4/c1-2-20-15(19)11-8-9-12(16-14(18)13(11)17)10-6-4-3-5-7-10/h3-9H,2H2,1H3,(H,16,17,18). The third-order valence-corrected chi connectivity index (χ3v) is 2.70. The van der Waals surface area contributed by atoms with Crippen molar-refractivity contribution < 1.29 is 9.53 Å². The van der Waals surface area contributed by atoms with E-state index < -0.39 is 17.0 Å². The van der Waals surface area contributed by atoms with Crippen molar-refractivity contribution in [2.45, 2.75) is 6.92 Å². The maximum atomic E-state index is 11.8. The summed E-state index contributed by atoms with van der Waals surface area (Å²) in [5.74, 6) is -0.793. The number of hydrogen-bond donors (Lipinski definition) is 1. The predicted octanol–water partition coefficient (Wildman–Crippen LogP) is 1.58. The minimum absolute atomic E-state index is 0.139. The van der Waals surface area contributed by atoms with Crippen LogP contribution in [0.4, 0.5) is 0 Å². The molecule has 1 N–H and O–H groups in total. The fraction of sp³-hybridized carbons (Fsp3) is 0.133. The average molecular weight is 271 g/mol. The smallest absolute Gasteiger partial charge is 0.342 e. The van der Waals surface area contributed by atoms with Crippen molar-refractivity contribution >= 4 is 5.97 Å². The van der Waals surface area contributed by atoms with E-state index in [1.165, 1.54) is 12.1 Å². The van der Waals surface area contributed by atoms with E-state index in [0.717, 1.165) is 5.56 Å². The Labute approximate surface area is 114 Å². The summed E-state index contributed by atoms with van der Waals surface area (Å²) in [4.78, 5) is 37.7. The molecule has 5 nitrogen and oxygen atoms in total. The van der Waals surface area contributed by atoms with Crippen molar-refractivity contribution in [3.8, 4) is 11.3 Å². The number of rotatable bonds is 3. The molecule has 1 aromatic carbocycles. The minimum Gasteiger partial charge on any atom is -0.462 e. The lowest BCUT2D eigenvalue weighted by atomic mass is 10.1. The first-order valence-corrected chi connectivity index (χ1v) is 6.13. The molecule has 20 heavy (non-hydrogen) atoms. The number of aromatic amines is 1. The molecule has 0 unspecified atom stereocenters. The van der Waals surface area contributed by atoms with E-state index in [2.05, 4.69) is 4.98 Å². The van der Waals surface area contributed by atoms with Crippen molar-refractivity contribution in [2.24, 2.45) is 0 Å². The molecule has 0 fully saturated rings. The van der Waals surface area contributed by atoms with E-state index in [0.29, 0.717) is 5.69 Å². The average Bonchev–Trinajstić information content (AvgIpc) is 2.60. The van der Waals surface area contributed by atoms with Gasteiger partial charge in [0.2, 0.25) is 0 Å². The van der Waals surface area contributed by atoms with E-state index in [4.69, 9.17) is 4.74 Å². The van der Waals surface area contributed by atoms with Gasteiger partial charge in [-0.25, -0.2) is 4.79 Å². The first-order valence-electron chi connectivity index (χ1n) is 6.13. The zero-order valence-electron chi connectivity index (χ0n) is 10.9. The zero-order chi connectivity index (χ0) is 14.5. The van der Waals surface area contributed by atoms with Crippen molar-refractivity contribution in [1.29, 1.82) is 0 Å². The van der Waals surface area contributed by atoms with Crippen LogP contribution in [0.3, 0.4) is 0 Å². The van der Waals surface area contributed by atoms with Gasteiger partial charge in [0.05, 0.1) is 6.61 Å². The lowest BCUT2D eigenvalue weighted by Crippen LogP contribution is -2.29. The SMILES string of the molecule is CCOC(=O)c1ccc(-c2ccccc2)[nH]c(=O)c1=O. The third-order valence-electron chi connectivity index (χ3n) is 2.70. The van der Waals surface area contributed by atoms with Gasteiger partial charge in [0, 0.05) is 5.69 Å². The number of nitrogens with one attached hydrogen (secondary N) is 1. The van der Waals surface area contributed by atoms with Crippen molar-refractivity contribution in [3.63, 3.8) is 0 Å². The van der Waals surface area contributed by atoms with Crippen LogP contribution in [0.1, 0.15) is 17.3 Å². The molecule has 2 aromatic rings. The Morgan fingerprint density at radius 2 is 1.80 bits per heavy atom. The quantitative estimate of drug-likeness (QED) is 0.679. The van der Waals surface area contributed by atoms with E-state index in [9.17, 15) is 14.4 Å². The molecule has 1 aromatic heterocycles. The molecule has 2 rings (SSSR count). The summed E-state index contributed by atoms with van der Waals surface area (Å²) in [6, 6.07) is 11.9. The molecule has 0 amide bonds. The number of esters is 1. The monoisotopic (exact) mass is 271 g/mol. The molecule has 102 valence electrons. The summed E-state index contributed by atoms with van der Waals surface area (Å²) in [5.41, 5.74) is -0.809. The molecule has 0 aliphatic heterocycles. The highest BCUT2D eigenvalue weighted by Gasteiger charge is 2.13. The predicted molar refractivity (Wildman–Crippen MR) is 74.7 cm³/mol. The Bertz CT molecular complexity index is 735. The lowest BCUT2D eigenvalue weighted by molar-refractivity contribution is 0.0525. The van der Waals surface area contributed by atoms with Gasteiger partial charge in [-0.2, -0.15) is 0 Å². The van der Waals surface area contributed by atoms with Crippen LogP contribution >= 0.6 is 0 Å². The molecule has 0 radical (unpaired) electrons. The molecular formula is C15H13NO4. The van der Waals surface area contributed by atoms with Crippen LogP contribution < -0.4 is 11.0 Å². The normalized spacial score (nSPS) is 10.1. The summed E-state index contributed by atoms with van der Waals surface area (Å²) >= 11 is 0. The highest BCUT2D eigenvalue weighted by molar-refractivity contribution is 5.89.